The number of amides is 1. The number of benzene rings is 1. The summed E-state index contributed by atoms with van der Waals surface area (Å²) in [7, 11) is 0. The number of halogens is 16. The quantitative estimate of drug-likeness (QED) is 0.272. The molecule has 0 saturated carbocycles. The van der Waals surface area contributed by atoms with Crippen molar-refractivity contribution >= 4 is 11.6 Å². The van der Waals surface area contributed by atoms with Crippen LogP contribution in [0.25, 0.3) is 0 Å². The molecular formula is C19H15F16NO. The summed E-state index contributed by atoms with van der Waals surface area (Å²) in [5.74, 6) is -59.7. The molecule has 1 aromatic rings. The molecule has 0 atom stereocenters. The lowest BCUT2D eigenvalue weighted by Crippen LogP contribution is -2.74. The molecule has 1 N–H and O–H groups in total. The number of aryl methyl sites for hydroxylation is 2. The second-order valence-corrected chi connectivity index (χ2v) is 7.48. The van der Waals surface area contributed by atoms with Gasteiger partial charge in [-0.15, -0.1) is 0 Å². The third-order valence-electron chi connectivity index (χ3n) is 5.19. The number of anilines is 1. The standard InChI is InChI=1S/C19H15F16NO/c1-3-8-6-5-7-9(4-2)10(8)36-12(37)14(24,25)16(28,29)18(32,33)19(34,35)17(30,31)15(26,27)13(22,23)11(20)21/h5-7,11H,3-4H2,1-2H3,(H,36,37). The Morgan fingerprint density at radius 3 is 1.38 bits per heavy atom. The van der Waals surface area contributed by atoms with Gasteiger partial charge < -0.3 is 5.32 Å². The van der Waals surface area contributed by atoms with E-state index in [1.165, 1.54) is 19.9 Å². The number of alkyl halides is 16. The summed E-state index contributed by atoms with van der Waals surface area (Å²) in [5.41, 5.74) is -0.842. The summed E-state index contributed by atoms with van der Waals surface area (Å²) in [4.78, 5) is 11.8. The smallest absolute Gasteiger partial charge is 0.320 e. The highest BCUT2D eigenvalue weighted by atomic mass is 19.4. The molecule has 0 aliphatic carbocycles. The first-order chi connectivity index (χ1) is 16.3. The fraction of sp³-hybridized carbons (Fsp3) is 0.632. The summed E-state index contributed by atoms with van der Waals surface area (Å²) in [6.45, 7) is 2.67. The molecule has 37 heavy (non-hydrogen) atoms. The van der Waals surface area contributed by atoms with Crippen LogP contribution in [0.5, 0.6) is 0 Å². The van der Waals surface area contributed by atoms with Crippen molar-refractivity contribution in [3.05, 3.63) is 29.3 Å². The van der Waals surface area contributed by atoms with Gasteiger partial charge in [0.1, 0.15) is 0 Å². The zero-order valence-electron chi connectivity index (χ0n) is 18.2. The van der Waals surface area contributed by atoms with Gasteiger partial charge in [-0.25, -0.2) is 8.78 Å². The van der Waals surface area contributed by atoms with Gasteiger partial charge >= 0.3 is 53.8 Å². The topological polar surface area (TPSA) is 29.1 Å². The Labute approximate surface area is 197 Å². The molecule has 214 valence electrons. The van der Waals surface area contributed by atoms with Crippen molar-refractivity contribution in [2.45, 2.75) is 74.6 Å². The normalized spacial score (nSPS) is 14.8. The van der Waals surface area contributed by atoms with E-state index in [0.29, 0.717) is 0 Å². The first-order valence-electron chi connectivity index (χ1n) is 9.69. The Bertz CT molecular complexity index is 966. The summed E-state index contributed by atoms with van der Waals surface area (Å²) in [6, 6.07) is 3.53. The monoisotopic (exact) mass is 577 g/mol. The fourth-order valence-electron chi connectivity index (χ4n) is 2.87. The molecule has 1 aromatic carbocycles. The Kier molecular flexibility index (Phi) is 8.55. The highest BCUT2D eigenvalue weighted by Gasteiger charge is 2.94. The number of nitrogens with one attached hydrogen (secondary N) is 1. The third-order valence-corrected chi connectivity index (χ3v) is 5.19. The van der Waals surface area contributed by atoms with E-state index in [9.17, 15) is 75.0 Å². The van der Waals surface area contributed by atoms with Crippen LogP contribution in [0, 0.1) is 0 Å². The van der Waals surface area contributed by atoms with Crippen molar-refractivity contribution in [2.75, 3.05) is 5.32 Å². The van der Waals surface area contributed by atoms with Gasteiger partial charge in [-0.2, -0.15) is 61.5 Å². The van der Waals surface area contributed by atoms with Crippen LogP contribution < -0.4 is 5.32 Å². The molecule has 2 nitrogen and oxygen atoms in total. The molecule has 1 amide bonds. The minimum absolute atomic E-state index is 0.0793. The van der Waals surface area contributed by atoms with Gasteiger partial charge in [0.05, 0.1) is 0 Å². The number of rotatable bonds is 11. The number of hydrogen-bond donors (Lipinski definition) is 1. The van der Waals surface area contributed by atoms with Crippen LogP contribution in [0.3, 0.4) is 0 Å². The average molecular weight is 577 g/mol. The summed E-state index contributed by atoms with van der Waals surface area (Å²) in [6.07, 6.45) is -6.14. The lowest BCUT2D eigenvalue weighted by atomic mass is 9.89. The fourth-order valence-corrected chi connectivity index (χ4v) is 2.87. The Balaban J connectivity index is 3.63. The molecule has 1 rings (SSSR count). The number of carbonyl (C=O) groups is 1. The van der Waals surface area contributed by atoms with Crippen LogP contribution in [-0.4, -0.2) is 53.8 Å². The Morgan fingerprint density at radius 1 is 0.676 bits per heavy atom. The van der Waals surface area contributed by atoms with Crippen LogP contribution in [0.1, 0.15) is 25.0 Å². The van der Waals surface area contributed by atoms with Crippen LogP contribution in [0.4, 0.5) is 75.9 Å². The Morgan fingerprint density at radius 2 is 1.03 bits per heavy atom. The predicted octanol–water partition coefficient (Wildman–Crippen LogP) is 7.46. The summed E-state index contributed by atoms with van der Waals surface area (Å²) < 4.78 is 215. The van der Waals surface area contributed by atoms with Crippen molar-refractivity contribution in [3.63, 3.8) is 0 Å². The summed E-state index contributed by atoms with van der Waals surface area (Å²) >= 11 is 0. The maximum Gasteiger partial charge on any atom is 0.393 e. The predicted molar refractivity (Wildman–Crippen MR) is 94.5 cm³/mol. The number of carbonyl (C=O) groups excluding carboxylic acids is 1. The molecule has 0 aliphatic heterocycles. The maximum absolute atomic E-state index is 14.1. The Hall–Kier alpha value is -2.43. The van der Waals surface area contributed by atoms with Gasteiger partial charge in [-0.3, -0.25) is 4.79 Å². The van der Waals surface area contributed by atoms with E-state index in [2.05, 4.69) is 0 Å². The SMILES string of the molecule is CCc1cccc(CC)c1NC(=O)C(F)(F)C(F)(F)C(F)(F)C(F)(F)C(F)(F)C(F)(F)C(F)(F)C(F)F. The minimum Gasteiger partial charge on any atom is -0.320 e. The van der Waals surface area contributed by atoms with Gasteiger partial charge in [0, 0.05) is 5.69 Å². The average Bonchev–Trinajstić information content (AvgIpc) is 2.77. The van der Waals surface area contributed by atoms with Gasteiger partial charge in [0.15, 0.2) is 0 Å². The van der Waals surface area contributed by atoms with Crippen LogP contribution in [0.15, 0.2) is 18.2 Å². The van der Waals surface area contributed by atoms with E-state index >= 15 is 0 Å². The van der Waals surface area contributed by atoms with E-state index in [0.717, 1.165) is 17.4 Å². The molecular weight excluding hydrogens is 562 g/mol. The zero-order chi connectivity index (χ0) is 29.6. The molecule has 0 bridgehead atoms. The van der Waals surface area contributed by atoms with E-state index in [1.807, 2.05) is 0 Å². The van der Waals surface area contributed by atoms with Crippen molar-refractivity contribution < 1.29 is 75.0 Å². The molecule has 0 unspecified atom stereocenters. The molecule has 0 aliphatic rings. The second-order valence-electron chi connectivity index (χ2n) is 7.48. The maximum atomic E-state index is 14.1. The molecule has 0 saturated heterocycles. The second kappa shape index (κ2) is 9.71. The molecule has 0 spiro atoms. The van der Waals surface area contributed by atoms with Crippen molar-refractivity contribution in [2.24, 2.45) is 0 Å². The zero-order valence-corrected chi connectivity index (χ0v) is 18.2. The first kappa shape index (κ1) is 32.6. The van der Waals surface area contributed by atoms with Crippen LogP contribution in [-0.2, 0) is 17.6 Å². The molecule has 0 heterocycles. The van der Waals surface area contributed by atoms with Crippen molar-refractivity contribution in [1.29, 1.82) is 0 Å². The van der Waals surface area contributed by atoms with E-state index in [1.54, 1.807) is 0 Å². The third kappa shape index (κ3) is 4.57. The van der Waals surface area contributed by atoms with Crippen LogP contribution >= 0.6 is 0 Å². The van der Waals surface area contributed by atoms with E-state index in [-0.39, 0.29) is 24.0 Å². The highest BCUT2D eigenvalue weighted by Crippen LogP contribution is 2.62. The van der Waals surface area contributed by atoms with Gasteiger partial charge in [-0.1, -0.05) is 32.0 Å². The molecule has 18 heteroatoms. The minimum atomic E-state index is -8.55. The summed E-state index contributed by atoms with van der Waals surface area (Å²) in [5, 5.41) is 1.06. The largest absolute Gasteiger partial charge is 0.393 e. The van der Waals surface area contributed by atoms with Crippen molar-refractivity contribution in [1.82, 2.24) is 0 Å². The van der Waals surface area contributed by atoms with E-state index in [4.69, 9.17) is 0 Å². The number of hydrogen-bond acceptors (Lipinski definition) is 1. The lowest BCUT2D eigenvalue weighted by molar-refractivity contribution is -0.443. The lowest BCUT2D eigenvalue weighted by Gasteiger charge is -2.42. The van der Waals surface area contributed by atoms with Gasteiger partial charge in [0.2, 0.25) is 0 Å². The molecule has 0 radical (unpaired) electrons. The number of para-hydroxylation sites is 1. The highest BCUT2D eigenvalue weighted by molar-refractivity contribution is 5.98. The van der Waals surface area contributed by atoms with Crippen LogP contribution in [0.2, 0.25) is 0 Å². The van der Waals surface area contributed by atoms with E-state index < -0.39 is 59.5 Å². The first-order valence-corrected chi connectivity index (χ1v) is 9.69. The van der Waals surface area contributed by atoms with Gasteiger partial charge in [0.25, 0.3) is 0 Å². The van der Waals surface area contributed by atoms with Gasteiger partial charge in [-0.05, 0) is 24.0 Å². The van der Waals surface area contributed by atoms with Crippen molar-refractivity contribution in [3.8, 4) is 0 Å². The molecule has 0 fully saturated rings. The molecule has 0 aromatic heterocycles.